The van der Waals surface area contributed by atoms with Gasteiger partial charge < -0.3 is 0 Å². The summed E-state index contributed by atoms with van der Waals surface area (Å²) in [4.78, 5) is 6.14. The van der Waals surface area contributed by atoms with Crippen LogP contribution < -0.4 is 5.32 Å². The van der Waals surface area contributed by atoms with Crippen LogP contribution in [-0.4, -0.2) is 4.98 Å². The second-order valence-electron chi connectivity index (χ2n) is 6.25. The molecule has 0 fully saturated rings. The number of thiazole rings is 1. The number of thiophene rings is 1. The van der Waals surface area contributed by atoms with Crippen LogP contribution in [0.2, 0.25) is 0 Å². The van der Waals surface area contributed by atoms with Crippen molar-refractivity contribution >= 4 is 22.7 Å². The van der Waals surface area contributed by atoms with Gasteiger partial charge in [-0.1, -0.05) is 66.2 Å². The van der Waals surface area contributed by atoms with Crippen molar-refractivity contribution in [3.8, 4) is 10.6 Å². The fourth-order valence-electron chi connectivity index (χ4n) is 2.91. The van der Waals surface area contributed by atoms with Crippen LogP contribution in [0.15, 0.2) is 77.5 Å². The summed E-state index contributed by atoms with van der Waals surface area (Å²) >= 11 is 3.49. The predicted molar refractivity (Wildman–Crippen MR) is 112 cm³/mol. The maximum atomic E-state index is 4.82. The van der Waals surface area contributed by atoms with E-state index in [1.165, 1.54) is 21.6 Å². The molecule has 0 saturated carbocycles. The Hall–Kier alpha value is -2.27. The van der Waals surface area contributed by atoms with Gasteiger partial charge >= 0.3 is 0 Å². The van der Waals surface area contributed by atoms with Crippen molar-refractivity contribution in [1.29, 1.82) is 0 Å². The third kappa shape index (κ3) is 3.93. The molecule has 2 aromatic heterocycles. The Kier molecular flexibility index (Phi) is 5.25. The smallest absolute Gasteiger partial charge is 0.123 e. The number of aryl methyl sites for hydroxylation is 1. The fraction of sp³-hybridized carbons (Fsp3) is 0.136. The third-order valence-electron chi connectivity index (χ3n) is 4.30. The maximum Gasteiger partial charge on any atom is 0.123 e. The number of rotatable bonds is 6. The second-order valence-corrected chi connectivity index (χ2v) is 8.09. The van der Waals surface area contributed by atoms with Crippen molar-refractivity contribution in [2.24, 2.45) is 0 Å². The second kappa shape index (κ2) is 7.96. The van der Waals surface area contributed by atoms with Crippen LogP contribution in [0, 0.1) is 6.92 Å². The number of benzene rings is 2. The Balaban J connectivity index is 1.51. The van der Waals surface area contributed by atoms with Crippen LogP contribution in [-0.2, 0) is 6.54 Å². The van der Waals surface area contributed by atoms with Crippen molar-refractivity contribution in [2.45, 2.75) is 19.5 Å². The largest absolute Gasteiger partial charge is 0.300 e. The number of nitrogens with one attached hydrogen (secondary N) is 1. The molecule has 0 aliphatic rings. The number of nitrogens with zero attached hydrogens (tertiary/aromatic N) is 1. The molecule has 0 bridgehead atoms. The highest BCUT2D eigenvalue weighted by Gasteiger charge is 2.15. The first-order valence-electron chi connectivity index (χ1n) is 8.63. The molecule has 0 aliphatic carbocycles. The molecule has 2 nitrogen and oxygen atoms in total. The molecule has 4 heteroatoms. The molecular formula is C22H20N2S2. The summed E-state index contributed by atoms with van der Waals surface area (Å²) in [6.07, 6.45) is 0. The quantitative estimate of drug-likeness (QED) is 0.442. The fourth-order valence-corrected chi connectivity index (χ4v) is 4.56. The Bertz CT molecular complexity index is 942. The molecule has 0 spiro atoms. The van der Waals surface area contributed by atoms with Gasteiger partial charge in [-0.3, -0.25) is 5.32 Å². The average molecular weight is 377 g/mol. The van der Waals surface area contributed by atoms with Crippen molar-refractivity contribution in [2.75, 3.05) is 0 Å². The zero-order valence-corrected chi connectivity index (χ0v) is 16.2. The Morgan fingerprint density at radius 2 is 1.73 bits per heavy atom. The SMILES string of the molecule is Cc1ccc(-c2nc(CN[C@@H](c3ccccc3)c3cccs3)cs2)cc1. The van der Waals surface area contributed by atoms with Gasteiger partial charge in [0.25, 0.3) is 0 Å². The Morgan fingerprint density at radius 3 is 2.46 bits per heavy atom. The van der Waals surface area contributed by atoms with Crippen LogP contribution in [0.25, 0.3) is 10.6 Å². The van der Waals surface area contributed by atoms with E-state index in [0.717, 1.165) is 17.2 Å². The standard InChI is InChI=1S/C22H20N2S2/c1-16-9-11-18(12-10-16)22-24-19(15-26-22)14-23-21(20-8-5-13-25-20)17-6-3-2-4-7-17/h2-13,15,21,23H,14H2,1H3/t21-/m0/s1. The van der Waals surface area contributed by atoms with E-state index in [-0.39, 0.29) is 6.04 Å². The highest BCUT2D eigenvalue weighted by Crippen LogP contribution is 2.28. The molecule has 0 aliphatic heterocycles. The molecule has 2 aromatic carbocycles. The van der Waals surface area contributed by atoms with Crippen LogP contribution >= 0.6 is 22.7 Å². The van der Waals surface area contributed by atoms with E-state index >= 15 is 0 Å². The molecule has 1 atom stereocenters. The van der Waals surface area contributed by atoms with Gasteiger partial charge in [0.05, 0.1) is 11.7 Å². The van der Waals surface area contributed by atoms with Crippen LogP contribution in [0.5, 0.6) is 0 Å². The summed E-state index contributed by atoms with van der Waals surface area (Å²) in [7, 11) is 0. The van der Waals surface area contributed by atoms with Gasteiger partial charge in [-0.2, -0.15) is 0 Å². The van der Waals surface area contributed by atoms with E-state index in [9.17, 15) is 0 Å². The van der Waals surface area contributed by atoms with Crippen LogP contribution in [0.1, 0.15) is 27.7 Å². The first-order chi connectivity index (χ1) is 12.8. The molecule has 26 heavy (non-hydrogen) atoms. The molecule has 4 aromatic rings. The van der Waals surface area contributed by atoms with E-state index in [0.29, 0.717) is 0 Å². The Labute approximate surface area is 162 Å². The molecule has 4 rings (SSSR count). The van der Waals surface area contributed by atoms with Gasteiger partial charge in [-0.25, -0.2) is 4.98 Å². The number of hydrogen-bond donors (Lipinski definition) is 1. The topological polar surface area (TPSA) is 24.9 Å². The molecule has 0 radical (unpaired) electrons. The van der Waals surface area contributed by atoms with Crippen LogP contribution in [0.4, 0.5) is 0 Å². The molecule has 0 unspecified atom stereocenters. The van der Waals surface area contributed by atoms with Crippen LogP contribution in [0.3, 0.4) is 0 Å². The lowest BCUT2D eigenvalue weighted by atomic mass is 10.1. The summed E-state index contributed by atoms with van der Waals surface area (Å²) in [5.41, 5.74) is 4.82. The minimum atomic E-state index is 0.195. The van der Waals surface area contributed by atoms with Gasteiger partial charge in [0.15, 0.2) is 0 Å². The van der Waals surface area contributed by atoms with Crippen molar-refractivity contribution < 1.29 is 0 Å². The highest BCUT2D eigenvalue weighted by atomic mass is 32.1. The zero-order valence-electron chi connectivity index (χ0n) is 14.6. The monoisotopic (exact) mass is 376 g/mol. The van der Waals surface area contributed by atoms with E-state index in [2.05, 4.69) is 89.7 Å². The molecule has 130 valence electrons. The molecule has 0 saturated heterocycles. The summed E-state index contributed by atoms with van der Waals surface area (Å²) in [5, 5.41) is 9.04. The highest BCUT2D eigenvalue weighted by molar-refractivity contribution is 7.13. The lowest BCUT2D eigenvalue weighted by Crippen LogP contribution is -2.21. The normalized spacial score (nSPS) is 12.2. The number of hydrogen-bond acceptors (Lipinski definition) is 4. The van der Waals surface area contributed by atoms with E-state index in [1.807, 2.05) is 0 Å². The summed E-state index contributed by atoms with van der Waals surface area (Å²) in [6, 6.07) is 23.6. The summed E-state index contributed by atoms with van der Waals surface area (Å²) < 4.78 is 0. The van der Waals surface area contributed by atoms with E-state index in [4.69, 9.17) is 4.98 Å². The van der Waals surface area contributed by atoms with Gasteiger partial charge in [0.2, 0.25) is 0 Å². The van der Waals surface area contributed by atoms with Gasteiger partial charge in [0, 0.05) is 22.4 Å². The van der Waals surface area contributed by atoms with Gasteiger partial charge in [-0.15, -0.1) is 22.7 Å². The molecule has 0 amide bonds. The summed E-state index contributed by atoms with van der Waals surface area (Å²) in [5.74, 6) is 0. The molecule has 2 heterocycles. The lowest BCUT2D eigenvalue weighted by Gasteiger charge is -2.17. The molecular weight excluding hydrogens is 356 g/mol. The zero-order chi connectivity index (χ0) is 17.8. The third-order valence-corrected chi connectivity index (χ3v) is 6.18. The first kappa shape index (κ1) is 17.2. The predicted octanol–water partition coefficient (Wildman–Crippen LogP) is 6.06. The van der Waals surface area contributed by atoms with E-state index in [1.54, 1.807) is 22.7 Å². The average Bonchev–Trinajstić information content (AvgIpc) is 3.36. The van der Waals surface area contributed by atoms with Crippen molar-refractivity contribution in [3.63, 3.8) is 0 Å². The van der Waals surface area contributed by atoms with Crippen molar-refractivity contribution in [3.05, 3.63) is 99.2 Å². The Morgan fingerprint density at radius 1 is 0.923 bits per heavy atom. The minimum Gasteiger partial charge on any atom is -0.300 e. The minimum absolute atomic E-state index is 0.195. The van der Waals surface area contributed by atoms with Crippen molar-refractivity contribution in [1.82, 2.24) is 10.3 Å². The maximum absolute atomic E-state index is 4.82. The first-order valence-corrected chi connectivity index (χ1v) is 10.4. The van der Waals surface area contributed by atoms with Gasteiger partial charge in [0.1, 0.15) is 5.01 Å². The number of aromatic nitrogens is 1. The van der Waals surface area contributed by atoms with E-state index < -0.39 is 0 Å². The summed E-state index contributed by atoms with van der Waals surface area (Å²) in [6.45, 7) is 2.86. The lowest BCUT2D eigenvalue weighted by molar-refractivity contribution is 0.606. The molecule has 1 N–H and O–H groups in total. The van der Waals surface area contributed by atoms with Gasteiger partial charge in [-0.05, 0) is 23.9 Å².